The summed E-state index contributed by atoms with van der Waals surface area (Å²) in [6, 6.07) is 19.0. The van der Waals surface area contributed by atoms with E-state index in [9.17, 15) is 9.59 Å². The van der Waals surface area contributed by atoms with Gasteiger partial charge in [-0.2, -0.15) is 0 Å². The number of hydrogen-bond acceptors (Lipinski definition) is 5. The van der Waals surface area contributed by atoms with E-state index in [1.807, 2.05) is 44.2 Å². The summed E-state index contributed by atoms with van der Waals surface area (Å²) < 4.78 is 8.02. The lowest BCUT2D eigenvalue weighted by Crippen LogP contribution is -2.24. The molecule has 4 heterocycles. The van der Waals surface area contributed by atoms with Crippen molar-refractivity contribution >= 4 is 11.7 Å². The van der Waals surface area contributed by atoms with E-state index in [4.69, 9.17) is 10.5 Å². The number of nitrogens with one attached hydrogen (secondary N) is 1. The average molecular weight is 479 g/mol. The van der Waals surface area contributed by atoms with Gasteiger partial charge in [-0.3, -0.25) is 9.59 Å². The van der Waals surface area contributed by atoms with Gasteiger partial charge in [0.05, 0.1) is 6.54 Å². The predicted molar refractivity (Wildman–Crippen MR) is 137 cm³/mol. The molecule has 2 unspecified atom stereocenters. The Hall–Kier alpha value is -4.23. The molecule has 4 aromatic rings. The van der Waals surface area contributed by atoms with Crippen molar-refractivity contribution in [3.05, 3.63) is 127 Å². The van der Waals surface area contributed by atoms with Gasteiger partial charge in [-0.25, -0.2) is 4.98 Å². The molecule has 0 radical (unpaired) electrons. The van der Waals surface area contributed by atoms with E-state index in [-0.39, 0.29) is 23.7 Å². The summed E-state index contributed by atoms with van der Waals surface area (Å²) in [5.41, 5.74) is 14.6. The van der Waals surface area contributed by atoms with Crippen LogP contribution in [-0.2, 0) is 17.8 Å². The number of carbonyl (C=O) groups excluding carboxylic acids is 1. The van der Waals surface area contributed by atoms with E-state index in [1.54, 1.807) is 22.9 Å². The highest BCUT2D eigenvalue weighted by Crippen LogP contribution is 2.54. The second-order valence-electron chi connectivity index (χ2n) is 9.48. The van der Waals surface area contributed by atoms with Crippen LogP contribution in [0.1, 0.15) is 67.2 Å². The van der Waals surface area contributed by atoms with Gasteiger partial charge >= 0.3 is 0 Å². The third kappa shape index (κ3) is 3.69. The SMILES string of the molecule is Cc1cc(N)nc(C)c1CNC(=O)c1ccc2c(c1)C1OC2c2ccc(Cn3ccccc3=O)cc21. The molecule has 1 amide bonds. The first-order valence-corrected chi connectivity index (χ1v) is 12.0. The maximum atomic E-state index is 13.0. The number of aryl methyl sites for hydroxylation is 2. The molecule has 2 aliphatic heterocycles. The fourth-order valence-electron chi connectivity index (χ4n) is 5.35. The maximum absolute atomic E-state index is 13.0. The number of nitrogen functional groups attached to an aromatic ring is 1. The Labute approximate surface area is 208 Å². The summed E-state index contributed by atoms with van der Waals surface area (Å²) in [4.78, 5) is 29.5. The van der Waals surface area contributed by atoms with E-state index in [1.165, 1.54) is 0 Å². The molecular formula is C29H26N4O3. The summed E-state index contributed by atoms with van der Waals surface area (Å²) in [7, 11) is 0. The minimum atomic E-state index is -0.217. The largest absolute Gasteiger partial charge is 0.384 e. The molecule has 0 spiro atoms. The van der Waals surface area contributed by atoms with Crippen LogP contribution in [-0.4, -0.2) is 15.5 Å². The first-order valence-electron chi connectivity index (χ1n) is 12.0. The molecule has 3 N–H and O–H groups in total. The smallest absolute Gasteiger partial charge is 0.251 e. The average Bonchev–Trinajstić information content (AvgIpc) is 3.41. The zero-order valence-electron chi connectivity index (χ0n) is 20.1. The molecule has 36 heavy (non-hydrogen) atoms. The Morgan fingerprint density at radius 3 is 2.53 bits per heavy atom. The molecule has 2 aliphatic rings. The molecular weight excluding hydrogens is 452 g/mol. The molecule has 0 saturated heterocycles. The van der Waals surface area contributed by atoms with Crippen molar-refractivity contribution in [1.82, 2.24) is 14.9 Å². The Kier molecular flexibility index (Phi) is 5.23. The summed E-state index contributed by atoms with van der Waals surface area (Å²) in [5, 5.41) is 3.02. The normalized spacial score (nSPS) is 17.1. The van der Waals surface area contributed by atoms with Crippen molar-refractivity contribution in [2.24, 2.45) is 0 Å². The van der Waals surface area contributed by atoms with Crippen LogP contribution in [0.3, 0.4) is 0 Å². The molecule has 2 aromatic carbocycles. The Balaban J connectivity index is 1.23. The van der Waals surface area contributed by atoms with Crippen molar-refractivity contribution in [2.75, 3.05) is 5.73 Å². The lowest BCUT2D eigenvalue weighted by Gasteiger charge is -2.18. The highest BCUT2D eigenvalue weighted by atomic mass is 16.5. The lowest BCUT2D eigenvalue weighted by atomic mass is 9.84. The molecule has 0 fully saturated rings. The number of fused-ring (bicyclic) bond motifs is 8. The second kappa shape index (κ2) is 8.46. The molecule has 0 saturated carbocycles. The van der Waals surface area contributed by atoms with E-state index in [2.05, 4.69) is 28.5 Å². The van der Waals surface area contributed by atoms with Gasteiger partial charge < -0.3 is 20.4 Å². The van der Waals surface area contributed by atoms with E-state index >= 15 is 0 Å². The van der Waals surface area contributed by atoms with Crippen LogP contribution < -0.4 is 16.6 Å². The number of rotatable bonds is 5. The number of anilines is 1. The van der Waals surface area contributed by atoms with Gasteiger partial charge in [0.25, 0.3) is 11.5 Å². The van der Waals surface area contributed by atoms with Gasteiger partial charge in [0, 0.05) is 30.1 Å². The monoisotopic (exact) mass is 478 g/mol. The number of nitrogens with two attached hydrogens (primary N) is 1. The molecule has 2 atom stereocenters. The number of carbonyl (C=O) groups is 1. The first-order chi connectivity index (χ1) is 17.4. The van der Waals surface area contributed by atoms with Crippen molar-refractivity contribution in [2.45, 2.75) is 39.1 Å². The van der Waals surface area contributed by atoms with Gasteiger partial charge in [0.15, 0.2) is 0 Å². The van der Waals surface area contributed by atoms with Crippen molar-refractivity contribution in [3.63, 3.8) is 0 Å². The van der Waals surface area contributed by atoms with Crippen LogP contribution in [0.5, 0.6) is 0 Å². The van der Waals surface area contributed by atoms with Crippen LogP contribution in [0.25, 0.3) is 0 Å². The van der Waals surface area contributed by atoms with Crippen LogP contribution in [0.15, 0.2) is 71.7 Å². The Morgan fingerprint density at radius 2 is 1.75 bits per heavy atom. The highest BCUT2D eigenvalue weighted by molar-refractivity contribution is 5.94. The Morgan fingerprint density at radius 1 is 1.00 bits per heavy atom. The Bertz CT molecular complexity index is 1570. The van der Waals surface area contributed by atoms with Gasteiger partial charge in [-0.05, 0) is 77.1 Å². The highest BCUT2D eigenvalue weighted by Gasteiger charge is 2.43. The van der Waals surface area contributed by atoms with Crippen LogP contribution >= 0.6 is 0 Å². The maximum Gasteiger partial charge on any atom is 0.251 e. The van der Waals surface area contributed by atoms with Gasteiger partial charge in [-0.1, -0.05) is 30.3 Å². The van der Waals surface area contributed by atoms with E-state index in [0.29, 0.717) is 24.5 Å². The summed E-state index contributed by atoms with van der Waals surface area (Å²) in [6.45, 7) is 4.75. The number of pyridine rings is 2. The van der Waals surface area contributed by atoms with Gasteiger partial charge in [-0.15, -0.1) is 0 Å². The fourth-order valence-corrected chi connectivity index (χ4v) is 5.35. The zero-order chi connectivity index (χ0) is 25.0. The van der Waals surface area contributed by atoms with E-state index < -0.39 is 0 Å². The molecule has 6 rings (SSSR count). The number of amides is 1. The zero-order valence-corrected chi connectivity index (χ0v) is 20.1. The van der Waals surface area contributed by atoms with E-state index in [0.717, 1.165) is 44.6 Å². The topological polar surface area (TPSA) is 99.2 Å². The standard InChI is InChI=1S/C29H26N4O3/c1-16-11-25(30)32-17(2)24(16)14-31-29(35)19-7-9-21-23(13-19)28-22-12-18(6-8-20(22)27(21)36-28)15-33-10-4-3-5-26(33)34/h3-13,27-28H,14-15H2,1-2H3,(H2,30,32)(H,31,35). The van der Waals surface area contributed by atoms with Gasteiger partial charge in [0.1, 0.15) is 18.0 Å². The van der Waals surface area contributed by atoms with Crippen LogP contribution in [0, 0.1) is 13.8 Å². The molecule has 7 nitrogen and oxygen atoms in total. The van der Waals surface area contributed by atoms with Crippen molar-refractivity contribution in [1.29, 1.82) is 0 Å². The number of aromatic nitrogens is 2. The molecule has 2 aromatic heterocycles. The number of nitrogens with zero attached hydrogens (tertiary/aromatic N) is 2. The van der Waals surface area contributed by atoms with Crippen molar-refractivity contribution in [3.8, 4) is 0 Å². The first kappa shape index (κ1) is 22.2. The minimum absolute atomic E-state index is 0.0306. The summed E-state index contributed by atoms with van der Waals surface area (Å²) in [6.07, 6.45) is 1.45. The molecule has 0 aliphatic carbocycles. The lowest BCUT2D eigenvalue weighted by molar-refractivity contribution is 0.0857. The number of benzene rings is 2. The molecule has 2 bridgehead atoms. The van der Waals surface area contributed by atoms with Crippen LogP contribution in [0.2, 0.25) is 0 Å². The van der Waals surface area contributed by atoms with Crippen molar-refractivity contribution < 1.29 is 9.53 Å². The second-order valence-corrected chi connectivity index (χ2v) is 9.48. The van der Waals surface area contributed by atoms with Crippen LogP contribution in [0.4, 0.5) is 5.82 Å². The summed E-state index contributed by atoms with van der Waals surface area (Å²) in [5.74, 6) is 0.335. The third-order valence-electron chi connectivity index (χ3n) is 7.15. The van der Waals surface area contributed by atoms with Gasteiger partial charge in [0.2, 0.25) is 0 Å². The summed E-state index contributed by atoms with van der Waals surface area (Å²) >= 11 is 0. The fraction of sp³-hybridized carbons (Fsp3) is 0.207. The minimum Gasteiger partial charge on any atom is -0.384 e. The number of ether oxygens (including phenoxy) is 1. The number of hydrogen-bond donors (Lipinski definition) is 2. The molecule has 180 valence electrons. The third-order valence-corrected chi connectivity index (χ3v) is 7.15. The molecule has 7 heteroatoms. The quantitative estimate of drug-likeness (QED) is 0.453. The predicted octanol–water partition coefficient (Wildman–Crippen LogP) is 3.94.